The summed E-state index contributed by atoms with van der Waals surface area (Å²) in [5.41, 5.74) is 0.744. The Kier molecular flexibility index (Phi) is 5.69. The Labute approximate surface area is 168 Å². The van der Waals surface area contributed by atoms with E-state index in [1.165, 1.54) is 16.8 Å². The molecule has 1 N–H and O–H groups in total. The van der Waals surface area contributed by atoms with Gasteiger partial charge in [-0.15, -0.1) is 0 Å². The molecule has 0 aliphatic carbocycles. The Bertz CT molecular complexity index is 1020. The molecule has 0 fully saturated rings. The van der Waals surface area contributed by atoms with Crippen LogP contribution >= 0.6 is 0 Å². The van der Waals surface area contributed by atoms with Crippen molar-refractivity contribution in [1.29, 1.82) is 0 Å². The number of aryl methyl sites for hydroxylation is 2. The Balaban J connectivity index is 1.35. The van der Waals surface area contributed by atoms with Crippen LogP contribution in [-0.2, 0) is 26.1 Å². The molecule has 0 saturated heterocycles. The van der Waals surface area contributed by atoms with Gasteiger partial charge in [-0.25, -0.2) is 9.67 Å². The highest BCUT2D eigenvalue weighted by Crippen LogP contribution is 2.14. The maximum Gasteiger partial charge on any atom is 0.272 e. The smallest absolute Gasteiger partial charge is 0.272 e. The summed E-state index contributed by atoms with van der Waals surface area (Å²) in [7, 11) is 0. The topological polar surface area (TPSA) is 91.0 Å². The summed E-state index contributed by atoms with van der Waals surface area (Å²) in [4.78, 5) is 29.1. The van der Waals surface area contributed by atoms with Gasteiger partial charge in [0.05, 0.1) is 18.8 Å². The minimum Gasteiger partial charge on any atom is -0.492 e. The van der Waals surface area contributed by atoms with Crippen LogP contribution in [0.25, 0.3) is 0 Å². The molecule has 1 aromatic carbocycles. The molecule has 3 aromatic rings. The molecule has 2 aromatic heterocycles. The molecule has 0 unspecified atom stereocenters. The highest BCUT2D eigenvalue weighted by atomic mass is 16.5. The highest BCUT2D eigenvalue weighted by molar-refractivity contribution is 5.91. The number of rotatable bonds is 7. The van der Waals surface area contributed by atoms with Crippen molar-refractivity contribution in [2.45, 2.75) is 38.9 Å². The van der Waals surface area contributed by atoms with Crippen molar-refractivity contribution >= 4 is 5.91 Å². The molecule has 0 bridgehead atoms. The van der Waals surface area contributed by atoms with Gasteiger partial charge < -0.3 is 14.6 Å². The monoisotopic (exact) mass is 393 g/mol. The lowest BCUT2D eigenvalue weighted by atomic mass is 10.2. The number of benzene rings is 1. The van der Waals surface area contributed by atoms with Crippen LogP contribution in [0.1, 0.15) is 34.8 Å². The zero-order valence-electron chi connectivity index (χ0n) is 16.1. The van der Waals surface area contributed by atoms with E-state index in [1.807, 2.05) is 36.5 Å². The molecule has 0 radical (unpaired) electrons. The molecule has 1 aliphatic heterocycles. The van der Waals surface area contributed by atoms with E-state index in [1.54, 1.807) is 0 Å². The van der Waals surface area contributed by atoms with Gasteiger partial charge in [0.15, 0.2) is 0 Å². The van der Waals surface area contributed by atoms with Gasteiger partial charge in [0.1, 0.15) is 23.9 Å². The maximum atomic E-state index is 12.5. The zero-order valence-corrected chi connectivity index (χ0v) is 16.1. The summed E-state index contributed by atoms with van der Waals surface area (Å²) in [6.45, 7) is 1.84. The third kappa shape index (κ3) is 4.71. The van der Waals surface area contributed by atoms with Gasteiger partial charge in [0, 0.05) is 25.2 Å². The first-order valence-electron chi connectivity index (χ1n) is 9.78. The van der Waals surface area contributed by atoms with Crippen LogP contribution in [0.3, 0.4) is 0 Å². The summed E-state index contributed by atoms with van der Waals surface area (Å²) in [6, 6.07) is 12.1. The first kappa shape index (κ1) is 18.9. The average molecular weight is 393 g/mol. The summed E-state index contributed by atoms with van der Waals surface area (Å²) >= 11 is 0. The lowest BCUT2D eigenvalue weighted by Gasteiger charge is -2.11. The Morgan fingerprint density at radius 2 is 2.00 bits per heavy atom. The Hall–Kier alpha value is -3.42. The number of carbonyl (C=O) groups excluding carboxylic acids is 1. The van der Waals surface area contributed by atoms with Crippen LogP contribution in [0.15, 0.2) is 53.5 Å². The fourth-order valence-corrected chi connectivity index (χ4v) is 3.32. The number of nitrogens with zero attached hydrogens (tertiary/aromatic N) is 4. The van der Waals surface area contributed by atoms with Gasteiger partial charge in [0.25, 0.3) is 11.5 Å². The SMILES string of the molecule is O=C(NCc1cn2c(n1)CCCC2)c1ccc(=O)n(CCOc2ccccc2)n1. The molecule has 0 spiro atoms. The van der Waals surface area contributed by atoms with Crippen LogP contribution < -0.4 is 15.6 Å². The van der Waals surface area contributed by atoms with E-state index >= 15 is 0 Å². The van der Waals surface area contributed by atoms with Crippen LogP contribution in [0, 0.1) is 0 Å². The predicted octanol–water partition coefficient (Wildman–Crippen LogP) is 1.79. The Morgan fingerprint density at radius 3 is 2.83 bits per heavy atom. The number of amides is 1. The van der Waals surface area contributed by atoms with Gasteiger partial charge >= 0.3 is 0 Å². The highest BCUT2D eigenvalue weighted by Gasteiger charge is 2.14. The van der Waals surface area contributed by atoms with Crippen LogP contribution in [0.5, 0.6) is 5.75 Å². The van der Waals surface area contributed by atoms with Gasteiger partial charge in [0.2, 0.25) is 0 Å². The molecule has 8 heteroatoms. The van der Waals surface area contributed by atoms with Crippen molar-refractivity contribution in [3.8, 4) is 5.75 Å². The second kappa shape index (κ2) is 8.72. The van der Waals surface area contributed by atoms with Crippen LogP contribution in [-0.4, -0.2) is 31.8 Å². The van der Waals surface area contributed by atoms with E-state index in [0.717, 1.165) is 43.1 Å². The normalized spacial score (nSPS) is 13.0. The fraction of sp³-hybridized carbons (Fsp3) is 0.333. The average Bonchev–Trinajstić information content (AvgIpc) is 3.17. The number of para-hydroxylation sites is 1. The molecule has 4 rings (SSSR count). The third-order valence-corrected chi connectivity index (χ3v) is 4.80. The first-order valence-corrected chi connectivity index (χ1v) is 9.78. The minimum atomic E-state index is -0.339. The molecular weight excluding hydrogens is 370 g/mol. The van der Waals surface area contributed by atoms with E-state index in [2.05, 4.69) is 20.0 Å². The van der Waals surface area contributed by atoms with Gasteiger partial charge in [-0.1, -0.05) is 18.2 Å². The molecule has 3 heterocycles. The second-order valence-electron chi connectivity index (χ2n) is 6.92. The first-order chi connectivity index (χ1) is 14.2. The lowest BCUT2D eigenvalue weighted by Crippen LogP contribution is -2.30. The number of carbonyl (C=O) groups is 1. The molecule has 8 nitrogen and oxygen atoms in total. The van der Waals surface area contributed by atoms with E-state index in [-0.39, 0.29) is 30.3 Å². The van der Waals surface area contributed by atoms with Crippen molar-refractivity contribution in [3.05, 3.63) is 76.2 Å². The summed E-state index contributed by atoms with van der Waals surface area (Å²) in [5.74, 6) is 1.46. The summed E-state index contributed by atoms with van der Waals surface area (Å²) in [5, 5.41) is 7.00. The van der Waals surface area contributed by atoms with Crippen molar-refractivity contribution in [1.82, 2.24) is 24.6 Å². The third-order valence-electron chi connectivity index (χ3n) is 4.80. The van der Waals surface area contributed by atoms with Crippen molar-refractivity contribution in [3.63, 3.8) is 0 Å². The van der Waals surface area contributed by atoms with Crippen molar-refractivity contribution < 1.29 is 9.53 Å². The van der Waals surface area contributed by atoms with Crippen LogP contribution in [0.2, 0.25) is 0 Å². The standard InChI is InChI=1S/C21H23N5O3/c27-20-10-9-18(24-26(20)12-13-29-17-6-2-1-3-7-17)21(28)22-14-16-15-25-11-5-4-8-19(25)23-16/h1-3,6-7,9-10,15H,4-5,8,11-14H2,(H,22,28). The fourth-order valence-electron chi connectivity index (χ4n) is 3.32. The van der Waals surface area contributed by atoms with Gasteiger partial charge in [-0.3, -0.25) is 9.59 Å². The molecule has 0 saturated carbocycles. The maximum absolute atomic E-state index is 12.5. The van der Waals surface area contributed by atoms with Crippen molar-refractivity contribution in [2.75, 3.05) is 6.61 Å². The molecule has 150 valence electrons. The van der Waals surface area contributed by atoms with E-state index in [4.69, 9.17) is 4.74 Å². The second-order valence-corrected chi connectivity index (χ2v) is 6.92. The molecule has 1 aliphatic rings. The summed E-state index contributed by atoms with van der Waals surface area (Å²) in [6.07, 6.45) is 5.28. The number of hydrogen-bond acceptors (Lipinski definition) is 5. The molecular formula is C21H23N5O3. The lowest BCUT2D eigenvalue weighted by molar-refractivity contribution is 0.0942. The number of aromatic nitrogens is 4. The number of ether oxygens (including phenoxy) is 1. The van der Waals surface area contributed by atoms with Crippen molar-refractivity contribution in [2.24, 2.45) is 0 Å². The van der Waals surface area contributed by atoms with Gasteiger partial charge in [-0.2, -0.15) is 5.10 Å². The summed E-state index contributed by atoms with van der Waals surface area (Å²) < 4.78 is 8.99. The number of nitrogens with one attached hydrogen (secondary N) is 1. The predicted molar refractivity (Wildman–Crippen MR) is 107 cm³/mol. The van der Waals surface area contributed by atoms with E-state index in [9.17, 15) is 9.59 Å². The van der Waals surface area contributed by atoms with E-state index in [0.29, 0.717) is 6.54 Å². The number of imidazole rings is 1. The largest absolute Gasteiger partial charge is 0.492 e. The molecule has 0 atom stereocenters. The minimum absolute atomic E-state index is 0.188. The molecule has 1 amide bonds. The van der Waals surface area contributed by atoms with Crippen LogP contribution in [0.4, 0.5) is 0 Å². The number of hydrogen-bond donors (Lipinski definition) is 1. The number of fused-ring (bicyclic) bond motifs is 1. The van der Waals surface area contributed by atoms with E-state index < -0.39 is 0 Å². The quantitative estimate of drug-likeness (QED) is 0.661. The molecule has 29 heavy (non-hydrogen) atoms. The zero-order chi connectivity index (χ0) is 20.1. The Morgan fingerprint density at radius 1 is 1.14 bits per heavy atom. The van der Waals surface area contributed by atoms with Gasteiger partial charge in [-0.05, 0) is 31.0 Å².